The van der Waals surface area contributed by atoms with Gasteiger partial charge in [-0.25, -0.2) is 14.4 Å². The van der Waals surface area contributed by atoms with Gasteiger partial charge in [-0.05, 0) is 24.4 Å². The Bertz CT molecular complexity index is 669. The number of hydrogen-bond acceptors (Lipinski definition) is 5. The van der Waals surface area contributed by atoms with Crippen LogP contribution in [0.5, 0.6) is 0 Å². The standard InChI is InChI=1S/C12H11Cl2FN4O/c13-10-8(15)9-7(4-16-10)11(18-12(14)17-9)19-3-1-2-6(20)5-19/h4,6,20H,1-3,5H2/t6-/m0/s1. The minimum absolute atomic E-state index is 0.0417. The molecule has 0 aromatic carbocycles. The minimum Gasteiger partial charge on any atom is -0.391 e. The predicted molar refractivity (Wildman–Crippen MR) is 74.8 cm³/mol. The minimum atomic E-state index is -0.715. The SMILES string of the molecule is O[C@H]1CCCN(c2nc(Cl)nc3c(F)c(Cl)ncc23)C1. The molecule has 0 saturated carbocycles. The Hall–Kier alpha value is -1.24. The van der Waals surface area contributed by atoms with Crippen molar-refractivity contribution in [1.82, 2.24) is 15.0 Å². The highest BCUT2D eigenvalue weighted by Gasteiger charge is 2.23. The molecule has 1 atom stereocenters. The maximum Gasteiger partial charge on any atom is 0.225 e. The van der Waals surface area contributed by atoms with Gasteiger partial charge in [-0.3, -0.25) is 0 Å². The molecule has 0 amide bonds. The van der Waals surface area contributed by atoms with E-state index in [1.165, 1.54) is 6.20 Å². The molecule has 8 heteroatoms. The molecule has 2 aromatic rings. The van der Waals surface area contributed by atoms with Crippen molar-refractivity contribution in [3.8, 4) is 0 Å². The molecule has 1 aliphatic rings. The molecule has 106 valence electrons. The molecule has 5 nitrogen and oxygen atoms in total. The number of rotatable bonds is 1. The van der Waals surface area contributed by atoms with Crippen molar-refractivity contribution in [3.05, 3.63) is 22.5 Å². The Morgan fingerprint density at radius 3 is 2.90 bits per heavy atom. The van der Waals surface area contributed by atoms with E-state index in [2.05, 4.69) is 15.0 Å². The highest BCUT2D eigenvalue weighted by atomic mass is 35.5. The lowest BCUT2D eigenvalue weighted by Gasteiger charge is -2.31. The van der Waals surface area contributed by atoms with Crippen LogP contribution in [0.2, 0.25) is 10.4 Å². The number of β-amino-alcohol motifs (C(OH)–C–C–N with tert-alkyl or cyclic N) is 1. The highest BCUT2D eigenvalue weighted by molar-refractivity contribution is 6.30. The van der Waals surface area contributed by atoms with E-state index in [0.29, 0.717) is 24.3 Å². The van der Waals surface area contributed by atoms with Gasteiger partial charge in [0.25, 0.3) is 0 Å². The van der Waals surface area contributed by atoms with Gasteiger partial charge in [0.2, 0.25) is 5.28 Å². The first kappa shape index (κ1) is 13.7. The molecule has 0 spiro atoms. The van der Waals surface area contributed by atoms with Crippen molar-refractivity contribution in [2.24, 2.45) is 0 Å². The van der Waals surface area contributed by atoms with E-state index < -0.39 is 11.9 Å². The van der Waals surface area contributed by atoms with Gasteiger partial charge in [-0.15, -0.1) is 0 Å². The second-order valence-corrected chi connectivity index (χ2v) is 5.38. The fourth-order valence-corrected chi connectivity index (χ4v) is 2.68. The molecule has 3 heterocycles. The van der Waals surface area contributed by atoms with Gasteiger partial charge in [0, 0.05) is 19.3 Å². The lowest BCUT2D eigenvalue weighted by atomic mass is 10.1. The van der Waals surface area contributed by atoms with Crippen molar-refractivity contribution in [2.75, 3.05) is 18.0 Å². The summed E-state index contributed by atoms with van der Waals surface area (Å²) in [4.78, 5) is 13.7. The summed E-state index contributed by atoms with van der Waals surface area (Å²) >= 11 is 11.5. The molecule has 2 aromatic heterocycles. The van der Waals surface area contributed by atoms with Crippen LogP contribution in [0, 0.1) is 5.82 Å². The molecule has 1 fully saturated rings. The maximum absolute atomic E-state index is 14.0. The predicted octanol–water partition coefficient (Wildman–Crippen LogP) is 2.43. The number of pyridine rings is 1. The molecule has 3 rings (SSSR count). The molecule has 0 aliphatic carbocycles. The number of aliphatic hydroxyl groups excluding tert-OH is 1. The van der Waals surface area contributed by atoms with Crippen molar-refractivity contribution >= 4 is 39.9 Å². The smallest absolute Gasteiger partial charge is 0.225 e. The Morgan fingerprint density at radius 2 is 2.15 bits per heavy atom. The molecule has 0 radical (unpaired) electrons. The third-order valence-corrected chi connectivity index (χ3v) is 3.72. The number of aliphatic hydroxyl groups is 1. The van der Waals surface area contributed by atoms with E-state index in [0.717, 1.165) is 12.8 Å². The lowest BCUT2D eigenvalue weighted by Crippen LogP contribution is -2.38. The largest absolute Gasteiger partial charge is 0.391 e. The van der Waals surface area contributed by atoms with Gasteiger partial charge in [-0.1, -0.05) is 11.6 Å². The second-order valence-electron chi connectivity index (χ2n) is 4.68. The average molecular weight is 317 g/mol. The highest BCUT2D eigenvalue weighted by Crippen LogP contribution is 2.30. The van der Waals surface area contributed by atoms with Crippen LogP contribution in [0.1, 0.15) is 12.8 Å². The molecule has 1 saturated heterocycles. The van der Waals surface area contributed by atoms with Crippen molar-refractivity contribution in [3.63, 3.8) is 0 Å². The van der Waals surface area contributed by atoms with Crippen LogP contribution in [0.25, 0.3) is 10.9 Å². The van der Waals surface area contributed by atoms with E-state index in [9.17, 15) is 9.50 Å². The average Bonchev–Trinajstić information content (AvgIpc) is 2.43. The third kappa shape index (κ3) is 2.39. The van der Waals surface area contributed by atoms with Gasteiger partial charge in [0.1, 0.15) is 11.3 Å². The van der Waals surface area contributed by atoms with E-state index >= 15 is 0 Å². The zero-order valence-electron chi connectivity index (χ0n) is 10.4. The number of halogens is 3. The van der Waals surface area contributed by atoms with Crippen molar-refractivity contribution < 1.29 is 9.50 Å². The number of nitrogens with zero attached hydrogens (tertiary/aromatic N) is 4. The Labute approximate surface area is 124 Å². The fraction of sp³-hybridized carbons (Fsp3) is 0.417. The van der Waals surface area contributed by atoms with Crippen LogP contribution in [0.15, 0.2) is 6.20 Å². The maximum atomic E-state index is 14.0. The number of hydrogen-bond donors (Lipinski definition) is 1. The van der Waals surface area contributed by atoms with Crippen LogP contribution in [-0.2, 0) is 0 Å². The number of anilines is 1. The molecule has 0 bridgehead atoms. The first-order valence-electron chi connectivity index (χ1n) is 6.16. The summed E-state index contributed by atoms with van der Waals surface area (Å²) in [5, 5.41) is 9.87. The summed E-state index contributed by atoms with van der Waals surface area (Å²) in [5.41, 5.74) is 0.0417. The summed E-state index contributed by atoms with van der Waals surface area (Å²) in [6.07, 6.45) is 2.56. The first-order valence-corrected chi connectivity index (χ1v) is 6.92. The van der Waals surface area contributed by atoms with Crippen molar-refractivity contribution in [2.45, 2.75) is 18.9 Å². The number of fused-ring (bicyclic) bond motifs is 1. The third-order valence-electron chi connectivity index (χ3n) is 3.29. The van der Waals surface area contributed by atoms with Crippen LogP contribution in [-0.4, -0.2) is 39.3 Å². The summed E-state index contributed by atoms with van der Waals surface area (Å²) in [7, 11) is 0. The number of piperidine rings is 1. The normalized spacial score (nSPS) is 19.6. The fourth-order valence-electron chi connectivity index (χ4n) is 2.38. The topological polar surface area (TPSA) is 62.1 Å². The van der Waals surface area contributed by atoms with Crippen LogP contribution >= 0.6 is 23.2 Å². The number of aromatic nitrogens is 3. The summed E-state index contributed by atoms with van der Waals surface area (Å²) in [5.74, 6) is -0.242. The van der Waals surface area contributed by atoms with Gasteiger partial charge in [0.15, 0.2) is 11.0 Å². The van der Waals surface area contributed by atoms with E-state index in [1.807, 2.05) is 4.90 Å². The molecule has 1 aliphatic heterocycles. The summed E-state index contributed by atoms with van der Waals surface area (Å²) < 4.78 is 14.0. The lowest BCUT2D eigenvalue weighted by molar-refractivity contribution is 0.154. The Kier molecular flexibility index (Phi) is 3.62. The van der Waals surface area contributed by atoms with E-state index in [4.69, 9.17) is 23.2 Å². The van der Waals surface area contributed by atoms with E-state index in [1.54, 1.807) is 0 Å². The molecular formula is C12H11Cl2FN4O. The van der Waals surface area contributed by atoms with Crippen LogP contribution in [0.3, 0.4) is 0 Å². The van der Waals surface area contributed by atoms with Gasteiger partial charge in [0.05, 0.1) is 11.5 Å². The zero-order valence-corrected chi connectivity index (χ0v) is 11.9. The molecule has 20 heavy (non-hydrogen) atoms. The molecular weight excluding hydrogens is 306 g/mol. The van der Waals surface area contributed by atoms with Gasteiger partial charge < -0.3 is 10.0 Å². The van der Waals surface area contributed by atoms with Crippen LogP contribution in [0.4, 0.5) is 10.2 Å². The Morgan fingerprint density at radius 1 is 1.35 bits per heavy atom. The monoisotopic (exact) mass is 316 g/mol. The summed E-state index contributed by atoms with van der Waals surface area (Å²) in [6.45, 7) is 1.14. The van der Waals surface area contributed by atoms with Gasteiger partial charge >= 0.3 is 0 Å². The molecule has 1 N–H and O–H groups in total. The Balaban J connectivity index is 2.17. The van der Waals surface area contributed by atoms with Gasteiger partial charge in [-0.2, -0.15) is 4.98 Å². The van der Waals surface area contributed by atoms with Crippen LogP contribution < -0.4 is 4.90 Å². The quantitative estimate of drug-likeness (QED) is 0.646. The van der Waals surface area contributed by atoms with E-state index in [-0.39, 0.29) is 16.0 Å². The zero-order chi connectivity index (χ0) is 14.3. The van der Waals surface area contributed by atoms with Crippen molar-refractivity contribution in [1.29, 1.82) is 0 Å². The second kappa shape index (κ2) is 5.27. The first-order chi connectivity index (χ1) is 9.56. The summed E-state index contributed by atoms with van der Waals surface area (Å²) in [6, 6.07) is 0. The molecule has 0 unspecified atom stereocenters.